The third-order valence-corrected chi connectivity index (χ3v) is 6.52. The molecule has 1 aromatic carbocycles. The van der Waals surface area contributed by atoms with E-state index >= 15 is 0 Å². The molecule has 1 aromatic heterocycles. The van der Waals surface area contributed by atoms with Crippen molar-refractivity contribution in [1.29, 1.82) is 0 Å². The van der Waals surface area contributed by atoms with Crippen LogP contribution in [0, 0.1) is 11.8 Å². The minimum absolute atomic E-state index is 0.122. The fraction of sp³-hybridized carbons (Fsp3) is 0.500. The average molecular weight is 603 g/mol. The molecule has 1 aliphatic rings. The van der Waals surface area contributed by atoms with E-state index in [1.165, 1.54) is 33.2 Å². The Kier molecular flexibility index (Phi) is 11.8. The van der Waals surface area contributed by atoms with Crippen LogP contribution in [-0.4, -0.2) is 78.5 Å². The van der Waals surface area contributed by atoms with Gasteiger partial charge in [-0.3, -0.25) is 19.2 Å². The van der Waals surface area contributed by atoms with Crippen molar-refractivity contribution in [2.45, 2.75) is 71.9 Å². The highest BCUT2D eigenvalue weighted by atomic mass is 16.7. The molecule has 13 nitrogen and oxygen atoms in total. The molecule has 2 aromatic rings. The number of rotatable bonds is 10. The number of aliphatic hydroxyl groups is 1. The summed E-state index contributed by atoms with van der Waals surface area (Å²) in [6, 6.07) is 9.31. The zero-order valence-electron chi connectivity index (χ0n) is 25.0. The van der Waals surface area contributed by atoms with Gasteiger partial charge >= 0.3 is 17.9 Å². The smallest absolute Gasteiger partial charge is 0.313 e. The van der Waals surface area contributed by atoms with Crippen molar-refractivity contribution in [2.24, 2.45) is 11.8 Å². The molecule has 0 saturated carbocycles. The second kappa shape index (κ2) is 15.3. The van der Waals surface area contributed by atoms with Crippen LogP contribution in [0.3, 0.4) is 0 Å². The normalized spacial score (nSPS) is 23.1. The molecule has 0 spiro atoms. The van der Waals surface area contributed by atoms with Gasteiger partial charge in [0.05, 0.1) is 19.1 Å². The van der Waals surface area contributed by atoms with E-state index in [1.54, 1.807) is 20.8 Å². The van der Waals surface area contributed by atoms with Gasteiger partial charge in [-0.15, -0.1) is 0 Å². The molecule has 0 radical (unpaired) electrons. The summed E-state index contributed by atoms with van der Waals surface area (Å²) in [6.45, 7) is 7.05. The highest BCUT2D eigenvalue weighted by Gasteiger charge is 2.42. The van der Waals surface area contributed by atoms with Gasteiger partial charge in [0.15, 0.2) is 23.5 Å². The van der Waals surface area contributed by atoms with Crippen molar-refractivity contribution in [3.63, 3.8) is 0 Å². The van der Waals surface area contributed by atoms with Crippen LogP contribution in [0.25, 0.3) is 0 Å². The summed E-state index contributed by atoms with van der Waals surface area (Å²) in [4.78, 5) is 54.9. The van der Waals surface area contributed by atoms with Crippen molar-refractivity contribution in [3.05, 3.63) is 53.9 Å². The first kappa shape index (κ1) is 33.3. The number of amides is 1. The number of aromatic nitrogens is 1. The molecule has 2 heterocycles. The van der Waals surface area contributed by atoms with Gasteiger partial charge in [0.1, 0.15) is 24.7 Å². The summed E-state index contributed by atoms with van der Waals surface area (Å²) in [7, 11) is 1.35. The molecule has 234 valence electrons. The third kappa shape index (κ3) is 9.13. The van der Waals surface area contributed by atoms with Gasteiger partial charge < -0.3 is 38.8 Å². The molecule has 1 amide bonds. The number of esters is 3. The molecule has 3 unspecified atom stereocenters. The Morgan fingerprint density at radius 2 is 1.84 bits per heavy atom. The lowest BCUT2D eigenvalue weighted by atomic mass is 9.91. The number of carbonyl (C=O) groups is 4. The summed E-state index contributed by atoms with van der Waals surface area (Å²) in [6.07, 6.45) is -3.38. The average Bonchev–Trinajstić information content (AvgIpc) is 2.99. The highest BCUT2D eigenvalue weighted by molar-refractivity contribution is 5.96. The summed E-state index contributed by atoms with van der Waals surface area (Å²) >= 11 is 0. The Balaban J connectivity index is 1.88. The molecule has 0 aliphatic carbocycles. The van der Waals surface area contributed by atoms with Gasteiger partial charge in [0.25, 0.3) is 5.91 Å². The first-order valence-electron chi connectivity index (χ1n) is 13.8. The maximum atomic E-state index is 13.4. The number of cyclic esters (lactones) is 1. The first-order chi connectivity index (χ1) is 20.4. The number of hydrogen-bond donors (Lipinski definition) is 2. The van der Waals surface area contributed by atoms with Crippen LogP contribution < -0.4 is 14.8 Å². The quantitative estimate of drug-likeness (QED) is 0.231. The molecule has 1 fully saturated rings. The maximum Gasteiger partial charge on any atom is 0.313 e. The number of methoxy groups -OCH3 is 1. The third-order valence-electron chi connectivity index (χ3n) is 6.52. The predicted octanol–water partition coefficient (Wildman–Crippen LogP) is 2.18. The Morgan fingerprint density at radius 1 is 1.14 bits per heavy atom. The molecular weight excluding hydrogens is 564 g/mol. The van der Waals surface area contributed by atoms with E-state index < -0.39 is 73.1 Å². The molecule has 13 heteroatoms. The molecule has 2 N–H and O–H groups in total. The van der Waals surface area contributed by atoms with Crippen LogP contribution in [0.15, 0.2) is 42.6 Å². The highest BCUT2D eigenvalue weighted by Crippen LogP contribution is 2.31. The van der Waals surface area contributed by atoms with Crippen LogP contribution in [0.5, 0.6) is 11.5 Å². The standard InChI is InChI=1S/C30H38N2O11/c1-16(2)28(35)43-25-17(3)40-30(37)22(15-39-29(36)21(25)14-20-10-8-7-9-11-20)32-27(34)24-26(23(38-6)12-13-31-24)42-19(5)41-18(4)33/h7-13,16-17,19,21-22,25,30,37H,14-15H2,1-6H3,(H,32,34)/t17-,19?,21?,22-,25-,30?/m0/s1. The summed E-state index contributed by atoms with van der Waals surface area (Å²) in [5.74, 6) is -4.13. The van der Waals surface area contributed by atoms with Crippen molar-refractivity contribution < 1.29 is 52.7 Å². The van der Waals surface area contributed by atoms with E-state index in [4.69, 9.17) is 28.4 Å². The van der Waals surface area contributed by atoms with Crippen LogP contribution in [0.1, 0.15) is 50.7 Å². The number of aliphatic hydroxyl groups excluding tert-OH is 1. The van der Waals surface area contributed by atoms with E-state index in [-0.39, 0.29) is 23.6 Å². The fourth-order valence-electron chi connectivity index (χ4n) is 4.37. The van der Waals surface area contributed by atoms with Crippen molar-refractivity contribution in [3.8, 4) is 11.5 Å². The van der Waals surface area contributed by atoms with E-state index in [2.05, 4.69) is 10.3 Å². The van der Waals surface area contributed by atoms with Crippen molar-refractivity contribution in [1.82, 2.24) is 10.3 Å². The number of hydrogen-bond acceptors (Lipinski definition) is 12. The van der Waals surface area contributed by atoms with Gasteiger partial charge in [-0.2, -0.15) is 0 Å². The lowest BCUT2D eigenvalue weighted by Crippen LogP contribution is -2.49. The van der Waals surface area contributed by atoms with E-state index in [0.29, 0.717) is 0 Å². The Labute approximate surface area is 249 Å². The van der Waals surface area contributed by atoms with Crippen LogP contribution >= 0.6 is 0 Å². The number of benzene rings is 1. The SMILES string of the molecule is COc1ccnc(C(=O)N[C@H]2COC(=O)C(Cc3ccccc3)[C@@H](OC(=O)C(C)C)[C@H](C)OC2O)c1OC(C)OC(C)=O. The predicted molar refractivity (Wildman–Crippen MR) is 150 cm³/mol. The monoisotopic (exact) mass is 602 g/mol. The number of carbonyl (C=O) groups excluding carboxylic acids is 4. The lowest BCUT2D eigenvalue weighted by molar-refractivity contribution is -0.194. The minimum Gasteiger partial charge on any atom is -0.493 e. The number of nitrogens with zero attached hydrogens (tertiary/aromatic N) is 1. The maximum absolute atomic E-state index is 13.4. The summed E-state index contributed by atoms with van der Waals surface area (Å²) in [5, 5.41) is 13.6. The van der Waals surface area contributed by atoms with E-state index in [1.807, 2.05) is 30.3 Å². The van der Waals surface area contributed by atoms with Crippen molar-refractivity contribution in [2.75, 3.05) is 13.7 Å². The fourth-order valence-corrected chi connectivity index (χ4v) is 4.37. The summed E-state index contributed by atoms with van der Waals surface area (Å²) in [5.41, 5.74) is 0.544. The number of nitrogens with one attached hydrogen (secondary N) is 1. The molecule has 1 saturated heterocycles. The number of pyridine rings is 1. The first-order valence-corrected chi connectivity index (χ1v) is 13.8. The van der Waals surface area contributed by atoms with Crippen LogP contribution in [0.4, 0.5) is 0 Å². The van der Waals surface area contributed by atoms with Gasteiger partial charge in [-0.25, -0.2) is 4.98 Å². The zero-order valence-corrected chi connectivity index (χ0v) is 25.0. The number of ether oxygens (including phenoxy) is 6. The Bertz CT molecular complexity index is 1270. The lowest BCUT2D eigenvalue weighted by Gasteiger charge is -2.31. The molecule has 3 rings (SSSR count). The topological polar surface area (TPSA) is 169 Å². The Morgan fingerprint density at radius 3 is 2.47 bits per heavy atom. The molecule has 1 aliphatic heterocycles. The largest absolute Gasteiger partial charge is 0.493 e. The molecule has 43 heavy (non-hydrogen) atoms. The molecule has 6 atom stereocenters. The van der Waals surface area contributed by atoms with Crippen LogP contribution in [-0.2, 0) is 39.8 Å². The van der Waals surface area contributed by atoms with E-state index in [9.17, 15) is 24.3 Å². The second-order valence-electron chi connectivity index (χ2n) is 10.3. The second-order valence-corrected chi connectivity index (χ2v) is 10.3. The van der Waals surface area contributed by atoms with Gasteiger partial charge in [-0.1, -0.05) is 44.2 Å². The molecular formula is C30H38N2O11. The van der Waals surface area contributed by atoms with Crippen LogP contribution in [0.2, 0.25) is 0 Å². The van der Waals surface area contributed by atoms with Gasteiger partial charge in [0.2, 0.25) is 6.29 Å². The van der Waals surface area contributed by atoms with E-state index in [0.717, 1.165) is 5.56 Å². The van der Waals surface area contributed by atoms with Gasteiger partial charge in [0, 0.05) is 26.1 Å². The molecule has 0 bridgehead atoms. The summed E-state index contributed by atoms with van der Waals surface area (Å²) < 4.78 is 33.0. The zero-order chi connectivity index (χ0) is 31.7. The Hall–Kier alpha value is -4.23. The van der Waals surface area contributed by atoms with Gasteiger partial charge in [-0.05, 0) is 18.9 Å². The van der Waals surface area contributed by atoms with Crippen molar-refractivity contribution >= 4 is 23.8 Å². The minimum atomic E-state index is -1.68.